The first-order valence-electron chi connectivity index (χ1n) is 3.55. The van der Waals surface area contributed by atoms with E-state index in [9.17, 15) is 0 Å². The van der Waals surface area contributed by atoms with Crippen molar-refractivity contribution in [2.24, 2.45) is 0 Å². The van der Waals surface area contributed by atoms with E-state index < -0.39 is 0 Å². The van der Waals surface area contributed by atoms with E-state index in [1.165, 1.54) is 0 Å². The fraction of sp³-hybridized carbons (Fsp3) is 0.556. The molecule has 0 spiro atoms. The third-order valence-electron chi connectivity index (χ3n) is 0.903. The first kappa shape index (κ1) is 9.28. The molecular formula is C9H17N. The van der Waals surface area contributed by atoms with Crippen LogP contribution in [0.25, 0.3) is 0 Å². The molecule has 0 aliphatic rings. The summed E-state index contributed by atoms with van der Waals surface area (Å²) in [5, 5.41) is 3.24. The summed E-state index contributed by atoms with van der Waals surface area (Å²) in [6.07, 6.45) is 3.94. The second-order valence-electron chi connectivity index (χ2n) is 3.40. The van der Waals surface area contributed by atoms with Crippen LogP contribution >= 0.6 is 0 Å². The number of hydrogen-bond donors (Lipinski definition) is 1. The quantitative estimate of drug-likeness (QED) is 0.579. The van der Waals surface area contributed by atoms with Crippen LogP contribution in [0.15, 0.2) is 24.4 Å². The lowest BCUT2D eigenvalue weighted by atomic mass is 10.1. The molecule has 1 heteroatoms. The molecule has 0 saturated heterocycles. The van der Waals surface area contributed by atoms with E-state index in [2.05, 4.69) is 32.7 Å². The van der Waals surface area contributed by atoms with Crippen molar-refractivity contribution in [1.82, 2.24) is 5.32 Å². The summed E-state index contributed by atoms with van der Waals surface area (Å²) < 4.78 is 0. The minimum atomic E-state index is 0.122. The number of nitrogens with one attached hydrogen (secondary N) is 1. The van der Waals surface area contributed by atoms with Gasteiger partial charge in [0.25, 0.3) is 0 Å². The molecule has 0 radical (unpaired) electrons. The molecule has 0 rings (SSSR count). The van der Waals surface area contributed by atoms with Crippen LogP contribution < -0.4 is 5.32 Å². The molecule has 0 amide bonds. The predicted octanol–water partition coefficient (Wildman–Crippen LogP) is 2.46. The topological polar surface area (TPSA) is 12.0 Å². The Labute approximate surface area is 63.8 Å². The smallest absolute Gasteiger partial charge is 0.0289 e. The summed E-state index contributed by atoms with van der Waals surface area (Å²) in [6, 6.07) is 0. The Balaban J connectivity index is 3.81. The van der Waals surface area contributed by atoms with Crippen LogP contribution in [-0.4, -0.2) is 5.54 Å². The molecule has 0 aromatic heterocycles. The fourth-order valence-corrected chi connectivity index (χ4v) is 0.725. The second kappa shape index (κ2) is 3.45. The van der Waals surface area contributed by atoms with Gasteiger partial charge >= 0.3 is 0 Å². The lowest BCUT2D eigenvalue weighted by Crippen LogP contribution is -2.33. The van der Waals surface area contributed by atoms with Crippen molar-refractivity contribution in [2.45, 2.75) is 33.2 Å². The van der Waals surface area contributed by atoms with Crippen LogP contribution in [0, 0.1) is 0 Å². The van der Waals surface area contributed by atoms with Gasteiger partial charge in [-0.05, 0) is 33.8 Å². The van der Waals surface area contributed by atoms with Gasteiger partial charge in [-0.2, -0.15) is 0 Å². The lowest BCUT2D eigenvalue weighted by molar-refractivity contribution is 0.480. The van der Waals surface area contributed by atoms with Gasteiger partial charge in [-0.15, -0.1) is 0 Å². The standard InChI is InChI=1S/C9H17N/c1-6-7-8(2)10-9(3,4)5/h6-7,10H,2H2,1,3-5H3/b7-6-. The van der Waals surface area contributed by atoms with E-state index in [4.69, 9.17) is 0 Å². The number of hydrogen-bond acceptors (Lipinski definition) is 1. The zero-order valence-corrected chi connectivity index (χ0v) is 7.36. The number of rotatable bonds is 2. The first-order chi connectivity index (χ1) is 4.45. The van der Waals surface area contributed by atoms with Gasteiger partial charge in [0.05, 0.1) is 0 Å². The summed E-state index contributed by atoms with van der Waals surface area (Å²) in [5.41, 5.74) is 1.09. The monoisotopic (exact) mass is 139 g/mol. The Morgan fingerprint density at radius 3 is 2.20 bits per heavy atom. The molecule has 58 valence electrons. The van der Waals surface area contributed by atoms with Crippen molar-refractivity contribution in [3.8, 4) is 0 Å². The third kappa shape index (κ3) is 5.42. The lowest BCUT2D eigenvalue weighted by Gasteiger charge is -2.21. The Bertz CT molecular complexity index is 137. The maximum absolute atomic E-state index is 3.83. The second-order valence-corrected chi connectivity index (χ2v) is 3.40. The van der Waals surface area contributed by atoms with Gasteiger partial charge in [0.15, 0.2) is 0 Å². The normalized spacial score (nSPS) is 12.0. The largest absolute Gasteiger partial charge is 0.381 e. The fourth-order valence-electron chi connectivity index (χ4n) is 0.725. The van der Waals surface area contributed by atoms with Crippen LogP contribution in [0.1, 0.15) is 27.7 Å². The van der Waals surface area contributed by atoms with Crippen LogP contribution in [0.4, 0.5) is 0 Å². The maximum Gasteiger partial charge on any atom is 0.0289 e. The molecule has 0 saturated carbocycles. The van der Waals surface area contributed by atoms with Gasteiger partial charge in [0.2, 0.25) is 0 Å². The van der Waals surface area contributed by atoms with E-state index in [1.54, 1.807) is 0 Å². The van der Waals surface area contributed by atoms with E-state index in [1.807, 2.05) is 19.1 Å². The first-order valence-corrected chi connectivity index (χ1v) is 3.55. The van der Waals surface area contributed by atoms with Crippen LogP contribution in [0.3, 0.4) is 0 Å². The van der Waals surface area contributed by atoms with Crippen molar-refractivity contribution in [1.29, 1.82) is 0 Å². The highest BCUT2D eigenvalue weighted by molar-refractivity contribution is 5.13. The van der Waals surface area contributed by atoms with Crippen molar-refractivity contribution >= 4 is 0 Å². The molecule has 0 aliphatic carbocycles. The summed E-state index contributed by atoms with van der Waals surface area (Å²) in [5.74, 6) is 0. The van der Waals surface area contributed by atoms with Crippen LogP contribution in [0.2, 0.25) is 0 Å². The van der Waals surface area contributed by atoms with Crippen molar-refractivity contribution in [2.75, 3.05) is 0 Å². The highest BCUT2D eigenvalue weighted by Crippen LogP contribution is 2.02. The minimum Gasteiger partial charge on any atom is -0.381 e. The molecule has 0 bridgehead atoms. The maximum atomic E-state index is 3.83. The van der Waals surface area contributed by atoms with Crippen molar-refractivity contribution < 1.29 is 0 Å². The average Bonchev–Trinajstić information content (AvgIpc) is 1.59. The van der Waals surface area contributed by atoms with Gasteiger partial charge in [-0.1, -0.05) is 12.7 Å². The molecule has 0 unspecified atom stereocenters. The number of allylic oxidation sites excluding steroid dienone is 2. The molecule has 1 nitrogen and oxygen atoms in total. The van der Waals surface area contributed by atoms with Gasteiger partial charge in [0.1, 0.15) is 0 Å². The van der Waals surface area contributed by atoms with E-state index in [0.29, 0.717) is 0 Å². The summed E-state index contributed by atoms with van der Waals surface area (Å²) in [4.78, 5) is 0. The molecule has 0 aliphatic heterocycles. The van der Waals surface area contributed by atoms with Gasteiger partial charge < -0.3 is 5.32 Å². The van der Waals surface area contributed by atoms with Crippen LogP contribution in [-0.2, 0) is 0 Å². The molecule has 10 heavy (non-hydrogen) atoms. The zero-order valence-electron chi connectivity index (χ0n) is 7.36. The van der Waals surface area contributed by atoms with Crippen molar-refractivity contribution in [3.05, 3.63) is 24.4 Å². The summed E-state index contributed by atoms with van der Waals surface area (Å²) >= 11 is 0. The van der Waals surface area contributed by atoms with E-state index >= 15 is 0 Å². The Hall–Kier alpha value is -0.720. The minimum absolute atomic E-state index is 0.122. The highest BCUT2D eigenvalue weighted by atomic mass is 14.9. The highest BCUT2D eigenvalue weighted by Gasteiger charge is 2.07. The predicted molar refractivity (Wildman–Crippen MR) is 46.8 cm³/mol. The zero-order chi connectivity index (χ0) is 8.20. The van der Waals surface area contributed by atoms with E-state index in [0.717, 1.165) is 5.70 Å². The van der Waals surface area contributed by atoms with Crippen LogP contribution in [0.5, 0.6) is 0 Å². The Kier molecular flexibility index (Phi) is 3.20. The SMILES string of the molecule is C=C(/C=C\C)NC(C)(C)C. The molecule has 0 aromatic carbocycles. The summed E-state index contributed by atoms with van der Waals surface area (Å²) in [6.45, 7) is 12.2. The third-order valence-corrected chi connectivity index (χ3v) is 0.903. The molecule has 0 atom stereocenters. The average molecular weight is 139 g/mol. The molecule has 0 aromatic rings. The molecule has 1 N–H and O–H groups in total. The molecular weight excluding hydrogens is 122 g/mol. The van der Waals surface area contributed by atoms with Gasteiger partial charge in [-0.3, -0.25) is 0 Å². The molecule has 0 fully saturated rings. The Morgan fingerprint density at radius 2 is 1.90 bits per heavy atom. The van der Waals surface area contributed by atoms with E-state index in [-0.39, 0.29) is 5.54 Å². The van der Waals surface area contributed by atoms with Gasteiger partial charge in [-0.25, -0.2) is 0 Å². The molecule has 0 heterocycles. The Morgan fingerprint density at radius 1 is 1.40 bits per heavy atom. The summed E-state index contributed by atoms with van der Waals surface area (Å²) in [7, 11) is 0. The van der Waals surface area contributed by atoms with Gasteiger partial charge in [0, 0.05) is 11.2 Å². The van der Waals surface area contributed by atoms with Crippen molar-refractivity contribution in [3.63, 3.8) is 0 Å².